The van der Waals surface area contributed by atoms with Crippen LogP contribution >= 0.6 is 0 Å². The van der Waals surface area contributed by atoms with Gasteiger partial charge in [-0.1, -0.05) is 58.0 Å². The molecule has 0 amide bonds. The van der Waals surface area contributed by atoms with E-state index < -0.39 is 9.04 Å². The van der Waals surface area contributed by atoms with Gasteiger partial charge in [0, 0.05) is 6.61 Å². The highest BCUT2D eigenvalue weighted by molar-refractivity contribution is 6.48. The number of hydrogen-bond acceptors (Lipinski definition) is 3. The van der Waals surface area contributed by atoms with Crippen molar-refractivity contribution in [3.05, 3.63) is 35.9 Å². The van der Waals surface area contributed by atoms with E-state index in [9.17, 15) is 5.11 Å². The Morgan fingerprint density at radius 3 is 2.35 bits per heavy atom. The van der Waals surface area contributed by atoms with E-state index in [4.69, 9.17) is 9.16 Å². The molecule has 0 fully saturated rings. The second-order valence-corrected chi connectivity index (χ2v) is 11.5. The minimum Gasteiger partial charge on any atom is -0.420 e. The van der Waals surface area contributed by atoms with E-state index in [1.54, 1.807) is 0 Å². The lowest BCUT2D eigenvalue weighted by molar-refractivity contribution is 0.0263. The van der Waals surface area contributed by atoms with E-state index in [1.807, 2.05) is 18.2 Å². The zero-order chi connectivity index (χ0) is 19.6. The average molecular weight is 381 g/mol. The van der Waals surface area contributed by atoms with Crippen LogP contribution in [0.2, 0.25) is 13.1 Å². The summed E-state index contributed by atoms with van der Waals surface area (Å²) in [6.07, 6.45) is 2.34. The fourth-order valence-electron chi connectivity index (χ4n) is 3.41. The van der Waals surface area contributed by atoms with E-state index >= 15 is 0 Å². The molecule has 0 saturated carbocycles. The standard InChI is InChI=1S/C22H40O3Si/c1-18(15-22(2,3)4)20(14-21(23)12-13-25-26(5)6)17-24-16-19-10-8-7-9-11-19/h7-11,18,20-21,23,26H,12-17H2,1-6H3. The fraction of sp³-hybridized carbons (Fsp3) is 0.727. The SMILES string of the molecule is CC(CC(C)(C)C)C(COCc1ccccc1)CC(O)CCO[SiH](C)C. The number of hydrogen-bond donors (Lipinski definition) is 1. The van der Waals surface area contributed by atoms with Crippen LogP contribution in [-0.4, -0.2) is 33.5 Å². The second kappa shape index (κ2) is 11.9. The number of aliphatic hydroxyl groups excluding tert-OH is 1. The topological polar surface area (TPSA) is 38.7 Å². The first-order valence-electron chi connectivity index (χ1n) is 10.1. The van der Waals surface area contributed by atoms with E-state index in [1.165, 1.54) is 5.56 Å². The molecule has 3 atom stereocenters. The molecule has 150 valence electrons. The Balaban J connectivity index is 2.54. The third-order valence-electron chi connectivity index (χ3n) is 4.66. The summed E-state index contributed by atoms with van der Waals surface area (Å²) in [5, 5.41) is 10.5. The first-order chi connectivity index (χ1) is 12.2. The van der Waals surface area contributed by atoms with Crippen molar-refractivity contribution in [3.8, 4) is 0 Å². The molecule has 26 heavy (non-hydrogen) atoms. The summed E-state index contributed by atoms with van der Waals surface area (Å²) in [5.41, 5.74) is 1.49. The van der Waals surface area contributed by atoms with E-state index in [-0.39, 0.29) is 11.5 Å². The normalized spacial score (nSPS) is 15.8. The van der Waals surface area contributed by atoms with Crippen molar-refractivity contribution < 1.29 is 14.3 Å². The Labute approximate surface area is 162 Å². The molecule has 0 aromatic heterocycles. The molecular formula is C22H40O3Si. The van der Waals surface area contributed by atoms with E-state index in [2.05, 4.69) is 52.9 Å². The number of ether oxygens (including phenoxy) is 1. The van der Waals surface area contributed by atoms with Gasteiger partial charge in [0.25, 0.3) is 0 Å². The molecule has 0 spiro atoms. The van der Waals surface area contributed by atoms with Crippen LogP contribution in [0.5, 0.6) is 0 Å². The molecule has 0 aliphatic carbocycles. The summed E-state index contributed by atoms with van der Waals surface area (Å²) in [4.78, 5) is 0. The highest BCUT2D eigenvalue weighted by Gasteiger charge is 2.25. The Hall–Kier alpha value is -0.683. The first kappa shape index (κ1) is 23.4. The van der Waals surface area contributed by atoms with Crippen molar-refractivity contribution in [1.82, 2.24) is 0 Å². The summed E-state index contributed by atoms with van der Waals surface area (Å²) in [6, 6.07) is 10.3. The van der Waals surface area contributed by atoms with Gasteiger partial charge >= 0.3 is 0 Å². The number of rotatable bonds is 12. The van der Waals surface area contributed by atoms with Crippen LogP contribution in [0.1, 0.15) is 52.5 Å². The Kier molecular flexibility index (Phi) is 10.7. The summed E-state index contributed by atoms with van der Waals surface area (Å²) >= 11 is 0. The molecule has 0 heterocycles. The average Bonchev–Trinajstić information content (AvgIpc) is 2.53. The minimum atomic E-state index is -1.00. The smallest absolute Gasteiger partial charge is 0.170 e. The van der Waals surface area contributed by atoms with Gasteiger partial charge < -0.3 is 14.3 Å². The predicted octanol–water partition coefficient (Wildman–Crippen LogP) is 5.03. The van der Waals surface area contributed by atoms with Crippen LogP contribution in [-0.2, 0) is 15.8 Å². The molecule has 3 nitrogen and oxygen atoms in total. The van der Waals surface area contributed by atoms with Gasteiger partial charge in [-0.25, -0.2) is 0 Å². The lowest BCUT2D eigenvalue weighted by Crippen LogP contribution is -2.27. The van der Waals surface area contributed by atoms with Crippen molar-refractivity contribution in [3.63, 3.8) is 0 Å². The maximum absolute atomic E-state index is 10.5. The van der Waals surface area contributed by atoms with E-state index in [0.717, 1.165) is 19.3 Å². The summed E-state index contributed by atoms with van der Waals surface area (Å²) in [5.74, 6) is 0.880. The zero-order valence-corrected chi connectivity index (χ0v) is 18.9. The maximum atomic E-state index is 10.5. The van der Waals surface area contributed by atoms with Crippen molar-refractivity contribution in [2.45, 2.75) is 72.8 Å². The Bertz CT molecular complexity index is 470. The second-order valence-electron chi connectivity index (χ2n) is 9.10. The number of benzene rings is 1. The zero-order valence-electron chi connectivity index (χ0n) is 17.7. The molecule has 1 rings (SSSR count). The molecule has 0 radical (unpaired) electrons. The lowest BCUT2D eigenvalue weighted by Gasteiger charge is -2.31. The Morgan fingerprint density at radius 1 is 1.12 bits per heavy atom. The van der Waals surface area contributed by atoms with Gasteiger partial charge in [-0.05, 0) is 55.2 Å². The van der Waals surface area contributed by atoms with Gasteiger partial charge in [0.15, 0.2) is 9.04 Å². The first-order valence-corrected chi connectivity index (χ1v) is 12.9. The molecule has 0 aliphatic rings. The molecule has 1 aromatic carbocycles. The Morgan fingerprint density at radius 2 is 1.77 bits per heavy atom. The maximum Gasteiger partial charge on any atom is 0.170 e. The van der Waals surface area contributed by atoms with Gasteiger partial charge in [0.2, 0.25) is 0 Å². The third-order valence-corrected chi connectivity index (χ3v) is 5.56. The molecular weight excluding hydrogens is 340 g/mol. The van der Waals surface area contributed by atoms with Crippen molar-refractivity contribution in [2.75, 3.05) is 13.2 Å². The van der Waals surface area contributed by atoms with Gasteiger partial charge in [-0.2, -0.15) is 0 Å². The largest absolute Gasteiger partial charge is 0.420 e. The lowest BCUT2D eigenvalue weighted by atomic mass is 9.78. The molecule has 4 heteroatoms. The summed E-state index contributed by atoms with van der Waals surface area (Å²) in [6.45, 7) is 15.5. The third kappa shape index (κ3) is 11.1. The van der Waals surface area contributed by atoms with Gasteiger partial charge in [-0.3, -0.25) is 0 Å². The molecule has 1 aromatic rings. The van der Waals surface area contributed by atoms with Gasteiger partial charge in [0.05, 0.1) is 19.3 Å². The molecule has 1 N–H and O–H groups in total. The quantitative estimate of drug-likeness (QED) is 0.517. The van der Waals surface area contributed by atoms with Gasteiger partial charge in [0.1, 0.15) is 0 Å². The number of aliphatic hydroxyl groups is 1. The molecule has 0 saturated heterocycles. The highest BCUT2D eigenvalue weighted by Crippen LogP contribution is 2.31. The van der Waals surface area contributed by atoms with Crippen LogP contribution in [0, 0.1) is 17.3 Å². The van der Waals surface area contributed by atoms with E-state index in [0.29, 0.717) is 31.7 Å². The summed E-state index contributed by atoms with van der Waals surface area (Å²) in [7, 11) is -1.00. The van der Waals surface area contributed by atoms with Gasteiger partial charge in [-0.15, -0.1) is 0 Å². The molecule has 3 unspecified atom stereocenters. The van der Waals surface area contributed by atoms with Crippen LogP contribution in [0.3, 0.4) is 0 Å². The van der Waals surface area contributed by atoms with Crippen LogP contribution < -0.4 is 0 Å². The fourth-order valence-corrected chi connectivity index (χ4v) is 4.01. The monoisotopic (exact) mass is 380 g/mol. The van der Waals surface area contributed by atoms with Crippen LogP contribution in [0.25, 0.3) is 0 Å². The minimum absolute atomic E-state index is 0.286. The van der Waals surface area contributed by atoms with Crippen LogP contribution in [0.15, 0.2) is 30.3 Å². The predicted molar refractivity (Wildman–Crippen MR) is 113 cm³/mol. The molecule has 0 bridgehead atoms. The highest BCUT2D eigenvalue weighted by atomic mass is 28.3. The van der Waals surface area contributed by atoms with Crippen LogP contribution in [0.4, 0.5) is 0 Å². The summed E-state index contributed by atoms with van der Waals surface area (Å²) < 4.78 is 11.7. The van der Waals surface area contributed by atoms with Crippen molar-refractivity contribution in [2.24, 2.45) is 17.3 Å². The molecule has 0 aliphatic heterocycles. The van der Waals surface area contributed by atoms with Crippen molar-refractivity contribution in [1.29, 1.82) is 0 Å². The van der Waals surface area contributed by atoms with Crippen molar-refractivity contribution >= 4 is 9.04 Å².